The van der Waals surface area contributed by atoms with Gasteiger partial charge < -0.3 is 10.0 Å². The van der Waals surface area contributed by atoms with E-state index in [9.17, 15) is 0 Å². The maximum Gasteiger partial charge on any atom is 0.488 e. The lowest BCUT2D eigenvalue weighted by Gasteiger charge is -2.02. The molecule has 0 saturated heterocycles. The van der Waals surface area contributed by atoms with Crippen molar-refractivity contribution in [2.24, 2.45) is 0 Å². The molecular weight excluding hydrogens is 191 g/mol. The number of nitrogens with zero attached hydrogens (tertiary/aromatic N) is 2. The first kappa shape index (κ1) is 9.83. The van der Waals surface area contributed by atoms with Gasteiger partial charge in [-0.25, -0.2) is 0 Å². The van der Waals surface area contributed by atoms with Gasteiger partial charge in [0.25, 0.3) is 0 Å². The van der Waals surface area contributed by atoms with Gasteiger partial charge in [0, 0.05) is 12.4 Å². The van der Waals surface area contributed by atoms with E-state index in [1.165, 1.54) is 6.20 Å². The molecule has 2 aromatic heterocycles. The van der Waals surface area contributed by atoms with Crippen molar-refractivity contribution < 1.29 is 10.0 Å². The topological polar surface area (TPSA) is 66.2 Å². The van der Waals surface area contributed by atoms with E-state index in [4.69, 9.17) is 10.0 Å². The van der Waals surface area contributed by atoms with Crippen molar-refractivity contribution >= 4 is 12.6 Å². The summed E-state index contributed by atoms with van der Waals surface area (Å²) in [6, 6.07) is 8.64. The fourth-order valence-corrected chi connectivity index (χ4v) is 1.26. The van der Waals surface area contributed by atoms with Gasteiger partial charge in [-0.05, 0) is 29.7 Å². The monoisotopic (exact) mass is 200 g/mol. The molecule has 2 heterocycles. The van der Waals surface area contributed by atoms with Gasteiger partial charge in [0.1, 0.15) is 0 Å². The van der Waals surface area contributed by atoms with E-state index in [2.05, 4.69) is 9.97 Å². The van der Waals surface area contributed by atoms with Crippen LogP contribution in [0.15, 0.2) is 42.7 Å². The molecule has 2 N–H and O–H groups in total. The van der Waals surface area contributed by atoms with Gasteiger partial charge in [0.05, 0.1) is 11.4 Å². The van der Waals surface area contributed by atoms with Crippen LogP contribution in [0.4, 0.5) is 0 Å². The van der Waals surface area contributed by atoms with Crippen LogP contribution in [0.3, 0.4) is 0 Å². The van der Waals surface area contributed by atoms with Gasteiger partial charge in [-0.1, -0.05) is 6.07 Å². The molecule has 0 aliphatic carbocycles. The van der Waals surface area contributed by atoms with E-state index in [0.29, 0.717) is 16.9 Å². The molecule has 4 nitrogen and oxygen atoms in total. The Morgan fingerprint density at radius 2 is 1.73 bits per heavy atom. The highest BCUT2D eigenvalue weighted by molar-refractivity contribution is 6.58. The average molecular weight is 200 g/mol. The fourth-order valence-electron chi connectivity index (χ4n) is 1.26. The van der Waals surface area contributed by atoms with Crippen LogP contribution in [0.5, 0.6) is 0 Å². The second kappa shape index (κ2) is 4.21. The molecule has 2 rings (SSSR count). The molecule has 0 aliphatic rings. The number of hydrogen-bond donors (Lipinski definition) is 2. The smallest absolute Gasteiger partial charge is 0.423 e. The minimum Gasteiger partial charge on any atom is -0.423 e. The maximum atomic E-state index is 9.00. The Morgan fingerprint density at radius 3 is 2.40 bits per heavy atom. The average Bonchev–Trinajstić information content (AvgIpc) is 2.30. The minimum atomic E-state index is -1.48. The van der Waals surface area contributed by atoms with Gasteiger partial charge in [-0.3, -0.25) is 9.97 Å². The normalized spacial score (nSPS) is 10.0. The third kappa shape index (κ3) is 2.20. The summed E-state index contributed by atoms with van der Waals surface area (Å²) < 4.78 is 0. The molecule has 0 aromatic carbocycles. The van der Waals surface area contributed by atoms with E-state index in [0.717, 1.165) is 0 Å². The maximum absolute atomic E-state index is 9.00. The zero-order valence-corrected chi connectivity index (χ0v) is 7.91. The van der Waals surface area contributed by atoms with Crippen molar-refractivity contribution in [2.45, 2.75) is 0 Å². The Labute approximate surface area is 87.4 Å². The molecular formula is C10H9BN2O2. The van der Waals surface area contributed by atoms with Crippen molar-refractivity contribution in [1.29, 1.82) is 0 Å². The van der Waals surface area contributed by atoms with Crippen molar-refractivity contribution in [3.8, 4) is 11.4 Å². The summed E-state index contributed by atoms with van der Waals surface area (Å²) in [5.41, 5.74) is 1.74. The first-order valence-electron chi connectivity index (χ1n) is 4.51. The predicted octanol–water partition coefficient (Wildman–Crippen LogP) is -0.177. The Morgan fingerprint density at radius 1 is 0.933 bits per heavy atom. The van der Waals surface area contributed by atoms with Crippen molar-refractivity contribution in [1.82, 2.24) is 9.97 Å². The van der Waals surface area contributed by atoms with E-state index in [1.54, 1.807) is 18.3 Å². The summed E-state index contributed by atoms with van der Waals surface area (Å²) in [6.45, 7) is 0. The quantitative estimate of drug-likeness (QED) is 0.660. The van der Waals surface area contributed by atoms with E-state index >= 15 is 0 Å². The molecule has 0 saturated carbocycles. The van der Waals surface area contributed by atoms with E-state index in [1.807, 2.05) is 18.2 Å². The fraction of sp³-hybridized carbons (Fsp3) is 0. The predicted molar refractivity (Wildman–Crippen MR) is 57.3 cm³/mol. The molecule has 0 bridgehead atoms. The molecule has 0 aliphatic heterocycles. The molecule has 0 radical (unpaired) electrons. The van der Waals surface area contributed by atoms with Crippen LogP contribution >= 0.6 is 0 Å². The molecule has 74 valence electrons. The largest absolute Gasteiger partial charge is 0.488 e. The molecule has 0 spiro atoms. The van der Waals surface area contributed by atoms with Crippen LogP contribution in [0.2, 0.25) is 0 Å². The van der Waals surface area contributed by atoms with Crippen LogP contribution < -0.4 is 5.46 Å². The number of hydrogen-bond acceptors (Lipinski definition) is 4. The summed E-state index contributed by atoms with van der Waals surface area (Å²) in [5, 5.41) is 18.0. The van der Waals surface area contributed by atoms with Gasteiger partial charge in [-0.15, -0.1) is 0 Å². The Kier molecular flexibility index (Phi) is 2.76. The van der Waals surface area contributed by atoms with Crippen LogP contribution in [0.25, 0.3) is 11.4 Å². The van der Waals surface area contributed by atoms with Gasteiger partial charge in [0.15, 0.2) is 0 Å². The Hall–Kier alpha value is -1.72. The van der Waals surface area contributed by atoms with Crippen LogP contribution in [0, 0.1) is 0 Å². The standard InChI is InChI=1S/C10H9BN2O2/c14-11(15)8-4-6-13-10(7-8)9-3-1-2-5-12-9/h1-7,14-15H. The third-order valence-electron chi connectivity index (χ3n) is 2.01. The molecule has 0 unspecified atom stereocenters. The van der Waals surface area contributed by atoms with Gasteiger partial charge in [-0.2, -0.15) is 0 Å². The van der Waals surface area contributed by atoms with Crippen molar-refractivity contribution in [3.63, 3.8) is 0 Å². The minimum absolute atomic E-state index is 0.408. The first-order chi connectivity index (χ1) is 7.27. The first-order valence-corrected chi connectivity index (χ1v) is 4.51. The third-order valence-corrected chi connectivity index (χ3v) is 2.01. The molecule has 2 aromatic rings. The Bertz CT molecular complexity index is 448. The second-order valence-corrected chi connectivity index (χ2v) is 3.06. The van der Waals surface area contributed by atoms with E-state index < -0.39 is 7.12 Å². The zero-order chi connectivity index (χ0) is 10.7. The number of rotatable bonds is 2. The second-order valence-electron chi connectivity index (χ2n) is 3.06. The summed E-state index contributed by atoms with van der Waals surface area (Å²) in [4.78, 5) is 8.23. The molecule has 15 heavy (non-hydrogen) atoms. The lowest BCUT2D eigenvalue weighted by molar-refractivity contribution is 0.425. The van der Waals surface area contributed by atoms with Crippen LogP contribution in [-0.4, -0.2) is 27.1 Å². The summed E-state index contributed by atoms with van der Waals surface area (Å²) in [7, 11) is -1.48. The highest BCUT2D eigenvalue weighted by Crippen LogP contribution is 2.10. The number of aromatic nitrogens is 2. The van der Waals surface area contributed by atoms with Gasteiger partial charge >= 0.3 is 7.12 Å². The highest BCUT2D eigenvalue weighted by Gasteiger charge is 2.12. The number of pyridine rings is 2. The van der Waals surface area contributed by atoms with Crippen LogP contribution in [-0.2, 0) is 0 Å². The summed E-state index contributed by atoms with van der Waals surface area (Å²) in [6.07, 6.45) is 3.19. The SMILES string of the molecule is OB(O)c1ccnc(-c2ccccn2)c1. The summed E-state index contributed by atoms with van der Waals surface area (Å²) in [5.74, 6) is 0. The lowest BCUT2D eigenvalue weighted by Crippen LogP contribution is -2.29. The molecule has 0 amide bonds. The van der Waals surface area contributed by atoms with Crippen LogP contribution in [0.1, 0.15) is 0 Å². The lowest BCUT2D eigenvalue weighted by atomic mass is 9.80. The molecule has 0 fully saturated rings. The van der Waals surface area contributed by atoms with Crippen molar-refractivity contribution in [2.75, 3.05) is 0 Å². The Balaban J connectivity index is 2.42. The molecule has 5 heteroatoms. The van der Waals surface area contributed by atoms with Crippen molar-refractivity contribution in [3.05, 3.63) is 42.7 Å². The van der Waals surface area contributed by atoms with E-state index in [-0.39, 0.29) is 0 Å². The summed E-state index contributed by atoms with van der Waals surface area (Å²) >= 11 is 0. The zero-order valence-electron chi connectivity index (χ0n) is 7.91. The molecule has 0 atom stereocenters. The van der Waals surface area contributed by atoms with Gasteiger partial charge in [0.2, 0.25) is 0 Å². The highest BCUT2D eigenvalue weighted by atomic mass is 16.4.